The lowest BCUT2D eigenvalue weighted by atomic mass is 10.1. The van der Waals surface area contributed by atoms with Gasteiger partial charge in [0.25, 0.3) is 5.91 Å². The summed E-state index contributed by atoms with van der Waals surface area (Å²) in [6.45, 7) is 8.08. The van der Waals surface area contributed by atoms with Gasteiger partial charge in [0.15, 0.2) is 0 Å². The lowest BCUT2D eigenvalue weighted by molar-refractivity contribution is 0.102. The Morgan fingerprint density at radius 3 is 2.37 bits per heavy atom. The van der Waals surface area contributed by atoms with E-state index in [1.807, 2.05) is 27.7 Å². The zero-order valence-electron chi connectivity index (χ0n) is 15.6. The number of carbonyl (C=O) groups excluding carboxylic acids is 1. The van der Waals surface area contributed by atoms with Gasteiger partial charge in [0.2, 0.25) is 0 Å². The topological polar surface area (TPSA) is 82.7 Å². The molecule has 3 aromatic heterocycles. The second-order valence-electron chi connectivity index (χ2n) is 6.71. The minimum Gasteiger partial charge on any atom is -0.322 e. The Labute approximate surface area is 159 Å². The second kappa shape index (κ2) is 6.28. The number of hydrogen-bond acceptors (Lipinski definition) is 3. The van der Waals surface area contributed by atoms with Crippen molar-refractivity contribution in [2.24, 2.45) is 0 Å². The molecule has 27 heavy (non-hydrogen) atoms. The number of carbonyl (C=O) groups is 1. The van der Waals surface area contributed by atoms with Crippen LogP contribution in [0.5, 0.6) is 0 Å². The molecule has 6 nitrogen and oxygen atoms in total. The molecular formula is C20H20N4O2S. The Kier molecular flexibility index (Phi) is 4.04. The molecule has 0 aliphatic carbocycles. The SMILES string of the molecule is Cc1sc(-n2c(C)ccc2C)c(C(=O)Nc2ccc3[nH]c(=O)[nH]c3c2)c1C. The molecule has 1 aromatic carbocycles. The number of anilines is 1. The molecule has 0 spiro atoms. The van der Waals surface area contributed by atoms with Crippen molar-refractivity contribution < 1.29 is 4.79 Å². The molecule has 0 unspecified atom stereocenters. The molecule has 0 fully saturated rings. The van der Waals surface area contributed by atoms with E-state index in [9.17, 15) is 9.59 Å². The number of benzene rings is 1. The van der Waals surface area contributed by atoms with Crippen LogP contribution >= 0.6 is 11.3 Å². The predicted octanol–water partition coefficient (Wildman–Crippen LogP) is 4.19. The molecular weight excluding hydrogens is 360 g/mol. The van der Waals surface area contributed by atoms with Crippen LogP contribution in [-0.2, 0) is 0 Å². The van der Waals surface area contributed by atoms with E-state index in [0.717, 1.165) is 26.8 Å². The molecule has 0 aliphatic rings. The minimum atomic E-state index is -0.265. The standard InChI is InChI=1S/C20H20N4O2S/c1-10-5-6-11(2)24(10)19-17(12(3)13(4)27-19)18(25)21-14-7-8-15-16(9-14)23-20(26)22-15/h5-9H,1-4H3,(H,21,25)(H2,22,23,26). The number of hydrogen-bond donors (Lipinski definition) is 3. The van der Waals surface area contributed by atoms with Gasteiger partial charge in [0.1, 0.15) is 5.00 Å². The fourth-order valence-electron chi connectivity index (χ4n) is 3.33. The number of nitrogens with one attached hydrogen (secondary N) is 3. The van der Waals surface area contributed by atoms with Crippen LogP contribution in [0.3, 0.4) is 0 Å². The lowest BCUT2D eigenvalue weighted by Gasteiger charge is -2.11. The van der Waals surface area contributed by atoms with Gasteiger partial charge in [0.05, 0.1) is 16.6 Å². The van der Waals surface area contributed by atoms with Gasteiger partial charge in [-0.05, 0) is 63.6 Å². The first-order chi connectivity index (χ1) is 12.8. The fourth-order valence-corrected chi connectivity index (χ4v) is 4.60. The Balaban J connectivity index is 1.76. The summed E-state index contributed by atoms with van der Waals surface area (Å²) < 4.78 is 2.12. The Morgan fingerprint density at radius 2 is 1.67 bits per heavy atom. The molecule has 0 saturated carbocycles. The number of aromatic nitrogens is 3. The largest absolute Gasteiger partial charge is 0.323 e. The molecule has 3 N–H and O–H groups in total. The quantitative estimate of drug-likeness (QED) is 0.498. The van der Waals surface area contributed by atoms with Crippen LogP contribution in [0, 0.1) is 27.7 Å². The number of nitrogens with zero attached hydrogens (tertiary/aromatic N) is 1. The third kappa shape index (κ3) is 2.90. The van der Waals surface area contributed by atoms with Crippen molar-refractivity contribution >= 4 is 34.0 Å². The van der Waals surface area contributed by atoms with Crippen molar-refractivity contribution in [1.82, 2.24) is 14.5 Å². The highest BCUT2D eigenvalue weighted by Gasteiger charge is 2.22. The summed E-state index contributed by atoms with van der Waals surface area (Å²) in [5.41, 5.74) is 5.59. The van der Waals surface area contributed by atoms with E-state index in [1.165, 1.54) is 0 Å². The van der Waals surface area contributed by atoms with E-state index in [1.54, 1.807) is 29.5 Å². The first-order valence-electron chi connectivity index (χ1n) is 8.64. The maximum absolute atomic E-state index is 13.1. The number of H-pyrrole nitrogens is 2. The molecule has 0 saturated heterocycles. The van der Waals surface area contributed by atoms with Crippen molar-refractivity contribution in [3.8, 4) is 5.00 Å². The van der Waals surface area contributed by atoms with Crippen molar-refractivity contribution in [2.45, 2.75) is 27.7 Å². The van der Waals surface area contributed by atoms with Gasteiger partial charge >= 0.3 is 5.69 Å². The average molecular weight is 380 g/mol. The van der Waals surface area contributed by atoms with Gasteiger partial charge in [0, 0.05) is 22.0 Å². The number of imidazole rings is 1. The lowest BCUT2D eigenvalue weighted by Crippen LogP contribution is -2.15. The second-order valence-corrected chi connectivity index (χ2v) is 7.91. The van der Waals surface area contributed by atoms with E-state index in [4.69, 9.17) is 0 Å². The van der Waals surface area contributed by atoms with Crippen LogP contribution in [0.1, 0.15) is 32.2 Å². The third-order valence-corrected chi connectivity index (χ3v) is 6.03. The van der Waals surface area contributed by atoms with Gasteiger partial charge in [-0.25, -0.2) is 4.79 Å². The molecule has 4 aromatic rings. The number of aromatic amines is 2. The van der Waals surface area contributed by atoms with E-state index in [0.29, 0.717) is 22.3 Å². The number of aryl methyl sites for hydroxylation is 3. The number of thiophene rings is 1. The summed E-state index contributed by atoms with van der Waals surface area (Å²) in [5.74, 6) is -0.156. The van der Waals surface area contributed by atoms with Crippen molar-refractivity contribution in [1.29, 1.82) is 0 Å². The minimum absolute atomic E-state index is 0.156. The molecule has 4 rings (SSSR count). The normalized spacial score (nSPS) is 11.3. The Morgan fingerprint density at radius 1 is 1.00 bits per heavy atom. The molecule has 0 atom stereocenters. The zero-order valence-corrected chi connectivity index (χ0v) is 16.4. The summed E-state index contributed by atoms with van der Waals surface area (Å²) in [7, 11) is 0. The summed E-state index contributed by atoms with van der Waals surface area (Å²) in [5, 5.41) is 3.90. The Hall–Kier alpha value is -3.06. The molecule has 0 radical (unpaired) electrons. The predicted molar refractivity (Wildman–Crippen MR) is 109 cm³/mol. The van der Waals surface area contributed by atoms with E-state index in [-0.39, 0.29) is 11.6 Å². The van der Waals surface area contributed by atoms with Crippen LogP contribution in [-0.4, -0.2) is 20.4 Å². The number of amides is 1. The smallest absolute Gasteiger partial charge is 0.322 e. The van der Waals surface area contributed by atoms with E-state index in [2.05, 4.69) is 32.0 Å². The van der Waals surface area contributed by atoms with Gasteiger partial charge < -0.3 is 19.9 Å². The molecule has 138 valence electrons. The van der Waals surface area contributed by atoms with Gasteiger partial charge in [-0.1, -0.05) is 0 Å². The van der Waals surface area contributed by atoms with Crippen LogP contribution < -0.4 is 11.0 Å². The van der Waals surface area contributed by atoms with Crippen LogP contribution in [0.15, 0.2) is 35.1 Å². The van der Waals surface area contributed by atoms with E-state index < -0.39 is 0 Å². The fraction of sp³-hybridized carbons (Fsp3) is 0.200. The first-order valence-corrected chi connectivity index (χ1v) is 9.45. The average Bonchev–Trinajstić information content (AvgIpc) is 3.23. The molecule has 1 amide bonds. The first kappa shape index (κ1) is 17.4. The van der Waals surface area contributed by atoms with Crippen molar-refractivity contribution in [3.63, 3.8) is 0 Å². The summed E-state index contributed by atoms with van der Waals surface area (Å²) in [4.78, 5) is 31.1. The van der Waals surface area contributed by atoms with Crippen molar-refractivity contribution in [3.05, 3.63) is 68.2 Å². The van der Waals surface area contributed by atoms with Gasteiger partial charge in [-0.2, -0.15) is 0 Å². The third-order valence-electron chi connectivity index (χ3n) is 4.84. The van der Waals surface area contributed by atoms with Crippen LogP contribution in [0.4, 0.5) is 5.69 Å². The van der Waals surface area contributed by atoms with Gasteiger partial charge in [-0.15, -0.1) is 11.3 Å². The highest BCUT2D eigenvalue weighted by Crippen LogP contribution is 2.33. The number of rotatable bonds is 3. The molecule has 0 bridgehead atoms. The van der Waals surface area contributed by atoms with Crippen LogP contribution in [0.25, 0.3) is 16.0 Å². The maximum atomic E-state index is 13.1. The zero-order chi connectivity index (χ0) is 19.3. The van der Waals surface area contributed by atoms with Crippen LogP contribution in [0.2, 0.25) is 0 Å². The monoisotopic (exact) mass is 380 g/mol. The molecule has 3 heterocycles. The van der Waals surface area contributed by atoms with Gasteiger partial charge in [-0.3, -0.25) is 4.79 Å². The maximum Gasteiger partial charge on any atom is 0.323 e. The summed E-state index contributed by atoms with van der Waals surface area (Å²) >= 11 is 1.62. The molecule has 0 aliphatic heterocycles. The summed E-state index contributed by atoms with van der Waals surface area (Å²) in [6.07, 6.45) is 0. The molecule has 7 heteroatoms. The Bertz CT molecular complexity index is 1220. The van der Waals surface area contributed by atoms with E-state index >= 15 is 0 Å². The highest BCUT2D eigenvalue weighted by molar-refractivity contribution is 7.15. The summed E-state index contributed by atoms with van der Waals surface area (Å²) in [6, 6.07) is 9.42. The van der Waals surface area contributed by atoms with Crippen molar-refractivity contribution in [2.75, 3.05) is 5.32 Å². The number of fused-ring (bicyclic) bond motifs is 1. The highest BCUT2D eigenvalue weighted by atomic mass is 32.1.